The maximum Gasteiger partial charge on any atom is 0.226 e. The molecule has 108 valence electrons. The number of hydrogen-bond acceptors (Lipinski definition) is 2. The summed E-state index contributed by atoms with van der Waals surface area (Å²) < 4.78 is 0. The van der Waals surface area contributed by atoms with Gasteiger partial charge in [-0.1, -0.05) is 29.3 Å². The van der Waals surface area contributed by atoms with Gasteiger partial charge in [-0.2, -0.15) is 0 Å². The van der Waals surface area contributed by atoms with Gasteiger partial charge in [0.25, 0.3) is 0 Å². The number of amides is 1. The van der Waals surface area contributed by atoms with Crippen molar-refractivity contribution in [3.63, 3.8) is 0 Å². The number of halogens is 2. The van der Waals surface area contributed by atoms with Crippen LogP contribution in [0.4, 0.5) is 0 Å². The summed E-state index contributed by atoms with van der Waals surface area (Å²) in [5, 5.41) is 4.62. The fourth-order valence-corrected chi connectivity index (χ4v) is 3.54. The van der Waals surface area contributed by atoms with Crippen molar-refractivity contribution in [3.05, 3.63) is 33.8 Å². The zero-order chi connectivity index (χ0) is 14.3. The fraction of sp³-hybridized carbons (Fsp3) is 0.533. The molecule has 1 saturated carbocycles. The summed E-state index contributed by atoms with van der Waals surface area (Å²) >= 11 is 12.1. The fourth-order valence-electron chi connectivity index (χ4n) is 3.00. The average Bonchev–Trinajstić information content (AvgIpc) is 3.18. The smallest absolute Gasteiger partial charge is 0.226 e. The molecule has 1 N–H and O–H groups in total. The highest BCUT2D eigenvalue weighted by atomic mass is 35.5. The van der Waals surface area contributed by atoms with Crippen LogP contribution < -0.4 is 5.32 Å². The van der Waals surface area contributed by atoms with E-state index in [1.54, 1.807) is 6.07 Å². The van der Waals surface area contributed by atoms with E-state index in [0.29, 0.717) is 10.0 Å². The van der Waals surface area contributed by atoms with Gasteiger partial charge in [0, 0.05) is 41.6 Å². The van der Waals surface area contributed by atoms with Gasteiger partial charge in [-0.15, -0.1) is 0 Å². The first kappa shape index (κ1) is 14.2. The third-order valence-electron chi connectivity index (χ3n) is 4.25. The zero-order valence-electron chi connectivity index (χ0n) is 11.4. The van der Waals surface area contributed by atoms with Gasteiger partial charge in [-0.05, 0) is 37.0 Å². The van der Waals surface area contributed by atoms with Crippen molar-refractivity contribution in [3.8, 4) is 0 Å². The van der Waals surface area contributed by atoms with E-state index in [0.717, 1.165) is 31.6 Å². The van der Waals surface area contributed by atoms with E-state index >= 15 is 0 Å². The predicted octanol–water partition coefficient (Wildman–Crippen LogP) is 2.92. The van der Waals surface area contributed by atoms with E-state index in [4.69, 9.17) is 23.2 Å². The lowest BCUT2D eigenvalue weighted by atomic mass is 10.1. The van der Waals surface area contributed by atoms with Gasteiger partial charge in [0.15, 0.2) is 0 Å². The molecule has 1 amide bonds. The van der Waals surface area contributed by atoms with Gasteiger partial charge in [0.2, 0.25) is 5.91 Å². The topological polar surface area (TPSA) is 32.3 Å². The van der Waals surface area contributed by atoms with E-state index < -0.39 is 0 Å². The first-order valence-electron chi connectivity index (χ1n) is 7.04. The molecule has 1 aliphatic heterocycles. The maximum atomic E-state index is 12.6. The Labute approximate surface area is 129 Å². The molecule has 0 bridgehead atoms. The molecule has 1 aromatic rings. The summed E-state index contributed by atoms with van der Waals surface area (Å²) in [6, 6.07) is 5.82. The van der Waals surface area contributed by atoms with Gasteiger partial charge >= 0.3 is 0 Å². The summed E-state index contributed by atoms with van der Waals surface area (Å²) in [4.78, 5) is 14.6. The molecule has 0 radical (unpaired) electrons. The van der Waals surface area contributed by atoms with Crippen LogP contribution in [0.3, 0.4) is 0 Å². The zero-order valence-corrected chi connectivity index (χ0v) is 12.9. The minimum Gasteiger partial charge on any atom is -0.337 e. The normalized spacial score (nSPS) is 29.4. The molecule has 1 heterocycles. The molecule has 0 spiro atoms. The number of carbonyl (C=O) groups excluding carboxylic acids is 1. The number of hydrogen-bond donors (Lipinski definition) is 1. The third-order valence-corrected chi connectivity index (χ3v) is 4.82. The van der Waals surface area contributed by atoms with Gasteiger partial charge in [-0.3, -0.25) is 4.79 Å². The second-order valence-corrected chi connectivity index (χ2v) is 6.54. The van der Waals surface area contributed by atoms with Crippen LogP contribution in [0.15, 0.2) is 18.2 Å². The first-order valence-corrected chi connectivity index (χ1v) is 7.79. The summed E-state index contributed by atoms with van der Waals surface area (Å²) in [5.74, 6) is 0.624. The lowest BCUT2D eigenvalue weighted by Crippen LogP contribution is -2.52. The maximum absolute atomic E-state index is 12.6. The van der Waals surface area contributed by atoms with Crippen LogP contribution in [0.25, 0.3) is 0 Å². The number of carbonyl (C=O) groups is 1. The highest BCUT2D eigenvalue weighted by molar-refractivity contribution is 6.35. The van der Waals surface area contributed by atoms with Crippen molar-refractivity contribution in [2.75, 3.05) is 19.6 Å². The SMILES string of the molecule is CC1CNCCN1C(=O)C1CC1c1ccc(Cl)cc1Cl. The van der Waals surface area contributed by atoms with E-state index in [1.807, 2.05) is 17.0 Å². The summed E-state index contributed by atoms with van der Waals surface area (Å²) in [5.41, 5.74) is 1.05. The predicted molar refractivity (Wildman–Crippen MR) is 81.4 cm³/mol. The Bertz CT molecular complexity index is 535. The van der Waals surface area contributed by atoms with Crippen LogP contribution in [-0.4, -0.2) is 36.5 Å². The Balaban J connectivity index is 1.70. The first-order chi connectivity index (χ1) is 9.58. The Hall–Kier alpha value is -0.770. The van der Waals surface area contributed by atoms with Gasteiger partial charge in [0.05, 0.1) is 0 Å². The molecule has 2 aliphatic rings. The second kappa shape index (κ2) is 5.55. The number of rotatable bonds is 2. The highest BCUT2D eigenvalue weighted by Crippen LogP contribution is 2.51. The van der Waals surface area contributed by atoms with Crippen LogP contribution in [0.1, 0.15) is 24.8 Å². The summed E-state index contributed by atoms with van der Waals surface area (Å²) in [7, 11) is 0. The Morgan fingerprint density at radius 2 is 2.20 bits per heavy atom. The lowest BCUT2D eigenvalue weighted by molar-refractivity contribution is -0.135. The standard InChI is InChI=1S/C15H18Cl2N2O/c1-9-8-18-4-5-19(9)15(20)13-7-12(13)11-3-2-10(16)6-14(11)17/h2-3,6,9,12-13,18H,4-5,7-8H2,1H3. The molecule has 0 aromatic heterocycles. The highest BCUT2D eigenvalue weighted by Gasteiger charge is 2.47. The van der Waals surface area contributed by atoms with Crippen LogP contribution in [0.2, 0.25) is 10.0 Å². The molecule has 5 heteroatoms. The molecule has 2 fully saturated rings. The van der Waals surface area contributed by atoms with Crippen LogP contribution in [0.5, 0.6) is 0 Å². The van der Waals surface area contributed by atoms with Crippen LogP contribution in [-0.2, 0) is 4.79 Å². The lowest BCUT2D eigenvalue weighted by Gasteiger charge is -2.34. The summed E-state index contributed by atoms with van der Waals surface area (Å²) in [6.45, 7) is 4.66. The Kier molecular flexibility index (Phi) is 3.93. The minimum absolute atomic E-state index is 0.0919. The minimum atomic E-state index is 0.0919. The monoisotopic (exact) mass is 312 g/mol. The molecule has 1 aliphatic carbocycles. The van der Waals surface area contributed by atoms with Crippen molar-refractivity contribution in [2.24, 2.45) is 5.92 Å². The second-order valence-electron chi connectivity index (χ2n) is 5.70. The van der Waals surface area contributed by atoms with Crippen molar-refractivity contribution in [1.82, 2.24) is 10.2 Å². The number of piperazine rings is 1. The van der Waals surface area contributed by atoms with Gasteiger partial charge in [-0.25, -0.2) is 0 Å². The van der Waals surface area contributed by atoms with Crippen LogP contribution >= 0.6 is 23.2 Å². The molecule has 3 nitrogen and oxygen atoms in total. The molecular formula is C15H18Cl2N2O. The van der Waals surface area contributed by atoms with Crippen LogP contribution in [0, 0.1) is 5.92 Å². The molecule has 3 unspecified atom stereocenters. The number of nitrogens with one attached hydrogen (secondary N) is 1. The van der Waals surface area contributed by atoms with E-state index in [-0.39, 0.29) is 23.8 Å². The molecule has 20 heavy (non-hydrogen) atoms. The van der Waals surface area contributed by atoms with E-state index in [2.05, 4.69) is 12.2 Å². The molecule has 3 rings (SSSR count). The van der Waals surface area contributed by atoms with E-state index in [1.165, 1.54) is 0 Å². The Morgan fingerprint density at radius 3 is 2.90 bits per heavy atom. The van der Waals surface area contributed by atoms with Crippen molar-refractivity contribution in [1.29, 1.82) is 0 Å². The quantitative estimate of drug-likeness (QED) is 0.910. The van der Waals surface area contributed by atoms with Crippen molar-refractivity contribution in [2.45, 2.75) is 25.3 Å². The van der Waals surface area contributed by atoms with Crippen molar-refractivity contribution >= 4 is 29.1 Å². The molecule has 1 aromatic carbocycles. The van der Waals surface area contributed by atoms with E-state index in [9.17, 15) is 4.79 Å². The molecule has 1 saturated heterocycles. The van der Waals surface area contributed by atoms with Gasteiger partial charge < -0.3 is 10.2 Å². The Morgan fingerprint density at radius 1 is 1.40 bits per heavy atom. The summed E-state index contributed by atoms with van der Waals surface area (Å²) in [6.07, 6.45) is 0.900. The third kappa shape index (κ3) is 2.67. The molecular weight excluding hydrogens is 295 g/mol. The van der Waals surface area contributed by atoms with Gasteiger partial charge in [0.1, 0.15) is 0 Å². The number of benzene rings is 1. The largest absolute Gasteiger partial charge is 0.337 e. The average molecular weight is 313 g/mol. The van der Waals surface area contributed by atoms with Crippen molar-refractivity contribution < 1.29 is 4.79 Å². The number of nitrogens with zero attached hydrogens (tertiary/aromatic N) is 1. The molecule has 3 atom stereocenters.